The van der Waals surface area contributed by atoms with Gasteiger partial charge in [-0.05, 0) is 24.6 Å². The quantitative estimate of drug-likeness (QED) is 0.793. The van der Waals surface area contributed by atoms with Crippen molar-refractivity contribution >= 4 is 9.73 Å². The van der Waals surface area contributed by atoms with E-state index >= 15 is 0 Å². The molecule has 0 fully saturated rings. The zero-order chi connectivity index (χ0) is 11.3. The van der Waals surface area contributed by atoms with Crippen LogP contribution in [0, 0.1) is 0 Å². The lowest BCUT2D eigenvalue weighted by Gasteiger charge is -2.09. The second-order valence-corrected chi connectivity index (χ2v) is 5.73. The summed E-state index contributed by atoms with van der Waals surface area (Å²) in [5.74, 6) is 1.32. The molecule has 1 atom stereocenters. The third kappa shape index (κ3) is 2.72. The van der Waals surface area contributed by atoms with Crippen molar-refractivity contribution in [1.82, 2.24) is 0 Å². The normalized spacial score (nSPS) is 14.3. The second-order valence-electron chi connectivity index (χ2n) is 3.21. The largest absolute Gasteiger partial charge is 0.497 e. The molecule has 1 aromatic rings. The Morgan fingerprint density at radius 1 is 1.47 bits per heavy atom. The van der Waals surface area contributed by atoms with E-state index in [1.165, 1.54) is 0 Å². The lowest BCUT2D eigenvalue weighted by atomic mass is 10.3. The van der Waals surface area contributed by atoms with E-state index in [4.69, 9.17) is 4.74 Å². The highest BCUT2D eigenvalue weighted by molar-refractivity contribution is 7.93. The van der Waals surface area contributed by atoms with Crippen LogP contribution in [-0.4, -0.2) is 24.1 Å². The molecule has 0 saturated carbocycles. The second kappa shape index (κ2) is 5.16. The molecular formula is C11H17NO2S. The van der Waals surface area contributed by atoms with Gasteiger partial charge in [0.2, 0.25) is 0 Å². The molecule has 1 rings (SSSR count). The molecule has 0 amide bonds. The standard InChI is InChI=1S/C11H17NO2S/c1-4-8-15(13,12-2)11-7-5-6-10(9-11)14-3/h5-7,9H,4,8H2,1-3H3. The highest BCUT2D eigenvalue weighted by atomic mass is 32.2. The maximum Gasteiger partial charge on any atom is 0.120 e. The Morgan fingerprint density at radius 2 is 2.20 bits per heavy atom. The first-order valence-electron chi connectivity index (χ1n) is 4.93. The molecule has 0 saturated heterocycles. The Labute approximate surface area is 91.6 Å². The smallest absolute Gasteiger partial charge is 0.120 e. The van der Waals surface area contributed by atoms with Crippen molar-refractivity contribution in [2.24, 2.45) is 4.36 Å². The average Bonchev–Trinajstić information content (AvgIpc) is 2.29. The Kier molecular flexibility index (Phi) is 4.15. The highest BCUT2D eigenvalue weighted by Crippen LogP contribution is 2.20. The number of hydrogen-bond acceptors (Lipinski definition) is 3. The number of rotatable bonds is 4. The van der Waals surface area contributed by atoms with Crippen molar-refractivity contribution in [1.29, 1.82) is 0 Å². The van der Waals surface area contributed by atoms with Gasteiger partial charge >= 0.3 is 0 Å². The van der Waals surface area contributed by atoms with Crippen molar-refractivity contribution < 1.29 is 8.95 Å². The molecular weight excluding hydrogens is 210 g/mol. The predicted octanol–water partition coefficient (Wildman–Crippen LogP) is 2.56. The minimum Gasteiger partial charge on any atom is -0.497 e. The molecule has 0 aliphatic carbocycles. The van der Waals surface area contributed by atoms with Gasteiger partial charge in [0, 0.05) is 12.8 Å². The van der Waals surface area contributed by atoms with Gasteiger partial charge in [-0.15, -0.1) is 0 Å². The maximum atomic E-state index is 12.4. The number of hydrogen-bond donors (Lipinski definition) is 0. The minimum atomic E-state index is -2.24. The summed E-state index contributed by atoms with van der Waals surface area (Å²) in [6, 6.07) is 7.32. The summed E-state index contributed by atoms with van der Waals surface area (Å²) in [6.07, 6.45) is 0.855. The summed E-state index contributed by atoms with van der Waals surface area (Å²) in [5, 5.41) is 0. The van der Waals surface area contributed by atoms with E-state index in [0.717, 1.165) is 17.1 Å². The van der Waals surface area contributed by atoms with Gasteiger partial charge in [0.15, 0.2) is 0 Å². The third-order valence-corrected chi connectivity index (χ3v) is 4.73. The topological polar surface area (TPSA) is 38.7 Å². The van der Waals surface area contributed by atoms with Gasteiger partial charge in [-0.3, -0.25) is 0 Å². The Balaban J connectivity index is 3.19. The summed E-state index contributed by atoms with van der Waals surface area (Å²) in [4.78, 5) is 0.756. The van der Waals surface area contributed by atoms with E-state index in [2.05, 4.69) is 4.36 Å². The number of ether oxygens (including phenoxy) is 1. The molecule has 0 radical (unpaired) electrons. The molecule has 1 aromatic carbocycles. The Bertz CT molecular complexity index is 434. The molecule has 0 aliphatic heterocycles. The van der Waals surface area contributed by atoms with Crippen LogP contribution in [0.4, 0.5) is 0 Å². The summed E-state index contributed by atoms with van der Waals surface area (Å²) in [5.41, 5.74) is 0. The fraction of sp³-hybridized carbons (Fsp3) is 0.455. The fourth-order valence-corrected chi connectivity index (χ4v) is 3.16. The molecule has 0 heterocycles. The van der Waals surface area contributed by atoms with Crippen LogP contribution >= 0.6 is 0 Å². The van der Waals surface area contributed by atoms with Gasteiger partial charge in [-0.1, -0.05) is 13.0 Å². The van der Waals surface area contributed by atoms with Crippen molar-refractivity contribution in [2.75, 3.05) is 19.9 Å². The van der Waals surface area contributed by atoms with Gasteiger partial charge < -0.3 is 4.74 Å². The van der Waals surface area contributed by atoms with Gasteiger partial charge in [-0.25, -0.2) is 8.57 Å². The van der Waals surface area contributed by atoms with Crippen LogP contribution in [0.5, 0.6) is 5.75 Å². The lowest BCUT2D eigenvalue weighted by Crippen LogP contribution is -2.05. The SMILES string of the molecule is CCCS(=O)(=NC)c1cccc(OC)c1. The summed E-state index contributed by atoms with van der Waals surface area (Å²) in [7, 11) is 0.966. The fourth-order valence-electron chi connectivity index (χ4n) is 1.39. The van der Waals surface area contributed by atoms with Gasteiger partial charge in [0.1, 0.15) is 5.75 Å². The van der Waals surface area contributed by atoms with Crippen molar-refractivity contribution in [3.05, 3.63) is 24.3 Å². The lowest BCUT2D eigenvalue weighted by molar-refractivity contribution is 0.413. The van der Waals surface area contributed by atoms with E-state index in [9.17, 15) is 4.21 Å². The minimum absolute atomic E-state index is 0.594. The Hall–Kier alpha value is -1.03. The molecule has 0 N–H and O–H groups in total. The maximum absolute atomic E-state index is 12.4. The molecule has 0 spiro atoms. The average molecular weight is 227 g/mol. The number of benzene rings is 1. The predicted molar refractivity (Wildman–Crippen MR) is 62.9 cm³/mol. The van der Waals surface area contributed by atoms with E-state index in [-0.39, 0.29) is 0 Å². The number of methoxy groups -OCH3 is 1. The highest BCUT2D eigenvalue weighted by Gasteiger charge is 2.10. The van der Waals surface area contributed by atoms with Crippen LogP contribution in [0.2, 0.25) is 0 Å². The molecule has 0 aromatic heterocycles. The van der Waals surface area contributed by atoms with Crippen molar-refractivity contribution in [2.45, 2.75) is 18.2 Å². The molecule has 15 heavy (non-hydrogen) atoms. The van der Waals surface area contributed by atoms with Crippen LogP contribution in [-0.2, 0) is 9.73 Å². The first-order chi connectivity index (χ1) is 7.16. The third-order valence-electron chi connectivity index (χ3n) is 2.19. The van der Waals surface area contributed by atoms with Crippen LogP contribution in [0.15, 0.2) is 33.5 Å². The van der Waals surface area contributed by atoms with Crippen LogP contribution < -0.4 is 4.74 Å². The molecule has 4 heteroatoms. The number of nitrogens with zero attached hydrogens (tertiary/aromatic N) is 1. The molecule has 0 aliphatic rings. The summed E-state index contributed by atoms with van der Waals surface area (Å²) in [6.45, 7) is 2.00. The van der Waals surface area contributed by atoms with Crippen LogP contribution in [0.3, 0.4) is 0 Å². The monoisotopic (exact) mass is 227 g/mol. The molecule has 0 bridgehead atoms. The van der Waals surface area contributed by atoms with Crippen LogP contribution in [0.25, 0.3) is 0 Å². The van der Waals surface area contributed by atoms with E-state index in [1.807, 2.05) is 25.1 Å². The van der Waals surface area contributed by atoms with Crippen LogP contribution in [0.1, 0.15) is 13.3 Å². The van der Waals surface area contributed by atoms with E-state index in [0.29, 0.717) is 5.75 Å². The first kappa shape index (κ1) is 12.0. The van der Waals surface area contributed by atoms with Crippen molar-refractivity contribution in [3.63, 3.8) is 0 Å². The molecule has 3 nitrogen and oxygen atoms in total. The van der Waals surface area contributed by atoms with Crippen molar-refractivity contribution in [3.8, 4) is 5.75 Å². The summed E-state index contributed by atoms with van der Waals surface area (Å²) < 4.78 is 21.5. The summed E-state index contributed by atoms with van der Waals surface area (Å²) >= 11 is 0. The zero-order valence-corrected chi connectivity index (χ0v) is 10.2. The van der Waals surface area contributed by atoms with Gasteiger partial charge in [-0.2, -0.15) is 0 Å². The van der Waals surface area contributed by atoms with E-state index < -0.39 is 9.73 Å². The molecule has 1 unspecified atom stereocenters. The zero-order valence-electron chi connectivity index (χ0n) is 9.40. The van der Waals surface area contributed by atoms with Gasteiger partial charge in [0.25, 0.3) is 0 Å². The van der Waals surface area contributed by atoms with E-state index in [1.54, 1.807) is 20.2 Å². The Morgan fingerprint density at radius 3 is 2.73 bits per heavy atom. The molecule has 84 valence electrons. The first-order valence-corrected chi connectivity index (χ1v) is 6.61. The van der Waals surface area contributed by atoms with Gasteiger partial charge in [0.05, 0.1) is 21.7 Å².